The number of aromatic hydroxyl groups is 2. The van der Waals surface area contributed by atoms with E-state index in [-0.39, 0.29) is 17.1 Å². The Hall–Kier alpha value is -2.11. The van der Waals surface area contributed by atoms with E-state index in [4.69, 9.17) is 9.47 Å². The number of hydrogen-bond acceptors (Lipinski definition) is 5. The van der Waals surface area contributed by atoms with Gasteiger partial charge in [-0.1, -0.05) is 33.6 Å². The standard InChI is InChI=1S/C17H26O6/c1-4-7-9-22-15-11(6-3)12(17(20)21)13(18)14(19)16(15)23-10-8-5-2/h18-19H,4-10H2,1-3H3,(H,20,21). The molecule has 0 atom stereocenters. The van der Waals surface area contributed by atoms with Crippen molar-refractivity contribution in [3.63, 3.8) is 0 Å². The quantitative estimate of drug-likeness (QED) is 0.448. The Morgan fingerprint density at radius 3 is 1.87 bits per heavy atom. The molecule has 130 valence electrons. The molecule has 0 saturated carbocycles. The fraction of sp³-hybridized carbons (Fsp3) is 0.588. The van der Waals surface area contributed by atoms with E-state index in [1.165, 1.54) is 0 Å². The van der Waals surface area contributed by atoms with Crippen molar-refractivity contribution >= 4 is 5.97 Å². The Bertz CT molecular complexity index is 539. The molecule has 0 aliphatic rings. The molecule has 0 bridgehead atoms. The van der Waals surface area contributed by atoms with Crippen LogP contribution in [0, 0.1) is 0 Å². The molecule has 0 saturated heterocycles. The number of carboxylic acids is 1. The number of phenolic OH excluding ortho intramolecular Hbond substituents is 1. The van der Waals surface area contributed by atoms with E-state index in [0.717, 1.165) is 25.7 Å². The maximum absolute atomic E-state index is 11.4. The topological polar surface area (TPSA) is 96.2 Å². The van der Waals surface area contributed by atoms with Crippen molar-refractivity contribution in [1.29, 1.82) is 0 Å². The molecule has 3 N–H and O–H groups in total. The van der Waals surface area contributed by atoms with Crippen molar-refractivity contribution in [2.75, 3.05) is 13.2 Å². The second-order valence-corrected chi connectivity index (χ2v) is 5.27. The number of rotatable bonds is 10. The van der Waals surface area contributed by atoms with E-state index in [0.29, 0.717) is 25.2 Å². The third-order valence-corrected chi connectivity index (χ3v) is 3.51. The SMILES string of the molecule is CCCCOc1c(O)c(O)c(C(=O)O)c(CC)c1OCCCC. The zero-order valence-electron chi connectivity index (χ0n) is 14.0. The summed E-state index contributed by atoms with van der Waals surface area (Å²) in [7, 11) is 0. The van der Waals surface area contributed by atoms with E-state index in [2.05, 4.69) is 0 Å². The number of carbonyl (C=O) groups is 1. The minimum Gasteiger partial charge on any atom is -0.504 e. The Labute approximate surface area is 136 Å². The van der Waals surface area contributed by atoms with Crippen LogP contribution in [-0.4, -0.2) is 34.5 Å². The van der Waals surface area contributed by atoms with Gasteiger partial charge in [0, 0.05) is 5.56 Å². The molecule has 6 heteroatoms. The first-order valence-corrected chi connectivity index (χ1v) is 8.09. The largest absolute Gasteiger partial charge is 0.504 e. The highest BCUT2D eigenvalue weighted by molar-refractivity contribution is 5.95. The molecular formula is C17H26O6. The van der Waals surface area contributed by atoms with Crippen molar-refractivity contribution in [3.05, 3.63) is 11.1 Å². The number of hydrogen-bond donors (Lipinski definition) is 3. The Morgan fingerprint density at radius 1 is 0.913 bits per heavy atom. The molecule has 0 heterocycles. The van der Waals surface area contributed by atoms with Crippen LogP contribution in [0.3, 0.4) is 0 Å². The molecular weight excluding hydrogens is 300 g/mol. The van der Waals surface area contributed by atoms with Gasteiger partial charge >= 0.3 is 5.97 Å². The van der Waals surface area contributed by atoms with Crippen molar-refractivity contribution in [2.24, 2.45) is 0 Å². The molecule has 0 spiro atoms. The summed E-state index contributed by atoms with van der Waals surface area (Å²) in [5, 5.41) is 29.5. The first kappa shape index (κ1) is 18.9. The van der Waals surface area contributed by atoms with Crippen LogP contribution in [0.4, 0.5) is 0 Å². The smallest absolute Gasteiger partial charge is 0.340 e. The Morgan fingerprint density at radius 2 is 1.43 bits per heavy atom. The summed E-state index contributed by atoms with van der Waals surface area (Å²) in [6, 6.07) is 0. The number of unbranched alkanes of at least 4 members (excludes halogenated alkanes) is 2. The zero-order valence-corrected chi connectivity index (χ0v) is 14.0. The molecule has 1 rings (SSSR count). The van der Waals surface area contributed by atoms with Crippen LogP contribution >= 0.6 is 0 Å². The van der Waals surface area contributed by atoms with Crippen LogP contribution in [0.15, 0.2) is 0 Å². The number of ether oxygens (including phenoxy) is 2. The molecule has 0 aromatic heterocycles. The average molecular weight is 326 g/mol. The van der Waals surface area contributed by atoms with Crippen molar-refractivity contribution in [2.45, 2.75) is 52.9 Å². The van der Waals surface area contributed by atoms with Crippen molar-refractivity contribution < 1.29 is 29.6 Å². The van der Waals surface area contributed by atoms with E-state index < -0.39 is 17.5 Å². The van der Waals surface area contributed by atoms with Crippen molar-refractivity contribution in [3.8, 4) is 23.0 Å². The first-order chi connectivity index (χ1) is 11.0. The van der Waals surface area contributed by atoms with Gasteiger partial charge in [0.15, 0.2) is 11.5 Å². The molecule has 6 nitrogen and oxygen atoms in total. The zero-order chi connectivity index (χ0) is 17.4. The lowest BCUT2D eigenvalue weighted by atomic mass is 10.0. The van der Waals surface area contributed by atoms with E-state index >= 15 is 0 Å². The molecule has 0 radical (unpaired) electrons. The third-order valence-electron chi connectivity index (χ3n) is 3.51. The number of aromatic carboxylic acids is 1. The maximum Gasteiger partial charge on any atom is 0.340 e. The summed E-state index contributed by atoms with van der Waals surface area (Å²) in [6.07, 6.45) is 3.73. The van der Waals surface area contributed by atoms with Crippen LogP contribution < -0.4 is 9.47 Å². The second kappa shape index (κ2) is 9.12. The van der Waals surface area contributed by atoms with Crippen LogP contribution in [0.25, 0.3) is 0 Å². The fourth-order valence-corrected chi connectivity index (χ4v) is 2.22. The number of phenols is 2. The van der Waals surface area contributed by atoms with Gasteiger partial charge in [-0.25, -0.2) is 4.79 Å². The van der Waals surface area contributed by atoms with E-state index in [1.54, 1.807) is 6.92 Å². The summed E-state index contributed by atoms with van der Waals surface area (Å²) >= 11 is 0. The predicted octanol–water partition coefficient (Wildman–Crippen LogP) is 3.72. The summed E-state index contributed by atoms with van der Waals surface area (Å²) in [5.41, 5.74) is -0.00487. The third kappa shape index (κ3) is 4.43. The second-order valence-electron chi connectivity index (χ2n) is 5.27. The van der Waals surface area contributed by atoms with Gasteiger partial charge in [-0.2, -0.15) is 0 Å². The Kier molecular flexibility index (Phi) is 7.51. The summed E-state index contributed by atoms with van der Waals surface area (Å²) in [4.78, 5) is 11.4. The van der Waals surface area contributed by atoms with Gasteiger partial charge in [-0.15, -0.1) is 0 Å². The lowest BCUT2D eigenvalue weighted by Gasteiger charge is -2.20. The van der Waals surface area contributed by atoms with Crippen LogP contribution in [0.1, 0.15) is 62.4 Å². The lowest BCUT2D eigenvalue weighted by Crippen LogP contribution is -2.10. The van der Waals surface area contributed by atoms with Gasteiger partial charge in [0.25, 0.3) is 0 Å². The number of carboxylic acid groups (broad SMARTS) is 1. The molecule has 0 unspecified atom stereocenters. The predicted molar refractivity (Wildman–Crippen MR) is 86.9 cm³/mol. The maximum atomic E-state index is 11.4. The van der Waals surface area contributed by atoms with Gasteiger partial charge in [0.1, 0.15) is 5.56 Å². The monoisotopic (exact) mass is 326 g/mol. The summed E-state index contributed by atoms with van der Waals surface area (Å²) in [5.74, 6) is -2.33. The molecule has 0 amide bonds. The minimum absolute atomic E-state index is 0.0221. The van der Waals surface area contributed by atoms with Gasteiger partial charge in [-0.3, -0.25) is 0 Å². The van der Waals surface area contributed by atoms with Crippen LogP contribution in [0.5, 0.6) is 23.0 Å². The van der Waals surface area contributed by atoms with Gasteiger partial charge in [0.05, 0.1) is 13.2 Å². The fourth-order valence-electron chi connectivity index (χ4n) is 2.22. The minimum atomic E-state index is -1.31. The number of benzene rings is 1. The summed E-state index contributed by atoms with van der Waals surface area (Å²) in [6.45, 7) is 6.52. The van der Waals surface area contributed by atoms with E-state index in [1.807, 2.05) is 13.8 Å². The molecule has 0 aliphatic heterocycles. The van der Waals surface area contributed by atoms with Gasteiger partial charge in [-0.05, 0) is 19.3 Å². The Balaban J connectivity index is 3.39. The molecule has 23 heavy (non-hydrogen) atoms. The first-order valence-electron chi connectivity index (χ1n) is 8.09. The van der Waals surface area contributed by atoms with Crippen LogP contribution in [-0.2, 0) is 6.42 Å². The highest BCUT2D eigenvalue weighted by Crippen LogP contribution is 2.49. The lowest BCUT2D eigenvalue weighted by molar-refractivity contribution is 0.0690. The normalized spacial score (nSPS) is 10.6. The summed E-state index contributed by atoms with van der Waals surface area (Å²) < 4.78 is 11.3. The van der Waals surface area contributed by atoms with E-state index in [9.17, 15) is 20.1 Å². The molecule has 0 aliphatic carbocycles. The molecule has 1 aromatic rings. The highest BCUT2D eigenvalue weighted by atomic mass is 16.5. The molecule has 0 fully saturated rings. The average Bonchev–Trinajstić information content (AvgIpc) is 2.52. The highest BCUT2D eigenvalue weighted by Gasteiger charge is 2.28. The van der Waals surface area contributed by atoms with Gasteiger partial charge in [0.2, 0.25) is 11.5 Å². The molecule has 1 aromatic carbocycles. The van der Waals surface area contributed by atoms with Crippen molar-refractivity contribution in [1.82, 2.24) is 0 Å². The van der Waals surface area contributed by atoms with Gasteiger partial charge < -0.3 is 24.8 Å². The van der Waals surface area contributed by atoms with Crippen LogP contribution in [0.2, 0.25) is 0 Å².